The standard InChI is InChI=1S/C22H25ClN2O2.ClH/c1-4-25(5-2)14-22(26)19-13-20(15-6-9-17(27-3)10-7-15)24-21-12-16(23)8-11-18(19)21;/h6-13,22,26H,4-5,14H2,1-3H3;1H. The second-order valence-electron chi connectivity index (χ2n) is 6.49. The Balaban J connectivity index is 0.00000280. The first kappa shape index (κ1) is 22.4. The van der Waals surface area contributed by atoms with Gasteiger partial charge in [0.15, 0.2) is 0 Å². The molecule has 3 aromatic rings. The molecule has 1 aromatic heterocycles. The van der Waals surface area contributed by atoms with Gasteiger partial charge >= 0.3 is 0 Å². The van der Waals surface area contributed by atoms with Crippen LogP contribution in [0.5, 0.6) is 5.75 Å². The number of hydrogen-bond acceptors (Lipinski definition) is 4. The Labute approximate surface area is 177 Å². The lowest BCUT2D eigenvalue weighted by atomic mass is 9.99. The van der Waals surface area contributed by atoms with Crippen molar-refractivity contribution < 1.29 is 9.84 Å². The number of aromatic nitrogens is 1. The first-order valence-corrected chi connectivity index (χ1v) is 9.58. The fourth-order valence-corrected chi connectivity index (χ4v) is 3.40. The first-order valence-electron chi connectivity index (χ1n) is 9.20. The number of benzene rings is 2. The molecule has 4 nitrogen and oxygen atoms in total. The normalized spacial score (nSPS) is 12.1. The van der Waals surface area contributed by atoms with Gasteiger partial charge in [0.1, 0.15) is 5.75 Å². The molecule has 28 heavy (non-hydrogen) atoms. The molecule has 0 amide bonds. The highest BCUT2D eigenvalue weighted by Gasteiger charge is 2.17. The van der Waals surface area contributed by atoms with Crippen LogP contribution < -0.4 is 4.74 Å². The predicted molar refractivity (Wildman–Crippen MR) is 119 cm³/mol. The largest absolute Gasteiger partial charge is 0.497 e. The Hall–Kier alpha value is -1.85. The average molecular weight is 421 g/mol. The van der Waals surface area contributed by atoms with Crippen LogP contribution >= 0.6 is 24.0 Å². The molecule has 2 aromatic carbocycles. The summed E-state index contributed by atoms with van der Waals surface area (Å²) in [6, 6.07) is 15.4. The average Bonchev–Trinajstić information content (AvgIpc) is 2.70. The molecule has 0 fully saturated rings. The molecule has 1 atom stereocenters. The quantitative estimate of drug-likeness (QED) is 0.558. The number of likely N-dealkylation sites (N-methyl/N-ethyl adjacent to an activating group) is 1. The van der Waals surface area contributed by atoms with E-state index in [0.717, 1.165) is 46.6 Å². The van der Waals surface area contributed by atoms with Crippen molar-refractivity contribution in [1.29, 1.82) is 0 Å². The van der Waals surface area contributed by atoms with Crippen LogP contribution in [0.3, 0.4) is 0 Å². The molecular formula is C22H26Cl2N2O2. The van der Waals surface area contributed by atoms with E-state index >= 15 is 0 Å². The van der Waals surface area contributed by atoms with E-state index in [9.17, 15) is 5.11 Å². The molecule has 0 aliphatic rings. The van der Waals surface area contributed by atoms with Crippen molar-refractivity contribution in [3.8, 4) is 17.0 Å². The van der Waals surface area contributed by atoms with E-state index in [4.69, 9.17) is 21.3 Å². The lowest BCUT2D eigenvalue weighted by molar-refractivity contribution is 0.120. The molecule has 0 radical (unpaired) electrons. The molecule has 1 N–H and O–H groups in total. The second kappa shape index (κ2) is 10.1. The molecule has 6 heteroatoms. The number of pyridine rings is 1. The third-order valence-corrected chi connectivity index (χ3v) is 5.11. The highest BCUT2D eigenvalue weighted by molar-refractivity contribution is 6.31. The monoisotopic (exact) mass is 420 g/mol. The Bertz CT molecular complexity index is 912. The lowest BCUT2D eigenvalue weighted by Crippen LogP contribution is -2.28. The summed E-state index contributed by atoms with van der Waals surface area (Å²) in [7, 11) is 1.65. The highest BCUT2D eigenvalue weighted by Crippen LogP contribution is 2.31. The predicted octanol–water partition coefficient (Wildman–Crippen LogP) is 5.36. The van der Waals surface area contributed by atoms with Crippen LogP contribution in [0.1, 0.15) is 25.5 Å². The van der Waals surface area contributed by atoms with Crippen LogP contribution in [-0.2, 0) is 0 Å². The number of ether oxygens (including phenoxy) is 1. The number of nitrogens with zero attached hydrogens (tertiary/aromatic N) is 2. The molecule has 0 spiro atoms. The van der Waals surface area contributed by atoms with Gasteiger partial charge in [0, 0.05) is 22.5 Å². The van der Waals surface area contributed by atoms with Crippen LogP contribution in [0.25, 0.3) is 22.2 Å². The molecule has 0 aliphatic carbocycles. The van der Waals surface area contributed by atoms with Gasteiger partial charge in [-0.3, -0.25) is 0 Å². The summed E-state index contributed by atoms with van der Waals surface area (Å²) in [6.07, 6.45) is -0.603. The number of fused-ring (bicyclic) bond motifs is 1. The van der Waals surface area contributed by atoms with Gasteiger partial charge in [0.05, 0.1) is 24.4 Å². The molecule has 1 unspecified atom stereocenters. The Morgan fingerprint density at radius 2 is 1.75 bits per heavy atom. The molecule has 0 bridgehead atoms. The topological polar surface area (TPSA) is 45.6 Å². The van der Waals surface area contributed by atoms with E-state index < -0.39 is 6.10 Å². The van der Waals surface area contributed by atoms with E-state index in [1.54, 1.807) is 7.11 Å². The maximum atomic E-state index is 11.0. The van der Waals surface area contributed by atoms with E-state index in [-0.39, 0.29) is 12.4 Å². The molecule has 0 aliphatic heterocycles. The summed E-state index contributed by atoms with van der Waals surface area (Å²) in [5.74, 6) is 0.796. The van der Waals surface area contributed by atoms with Crippen molar-refractivity contribution >= 4 is 34.9 Å². The fraction of sp³-hybridized carbons (Fsp3) is 0.318. The fourth-order valence-electron chi connectivity index (χ4n) is 3.24. The summed E-state index contributed by atoms with van der Waals surface area (Å²) in [5, 5.41) is 12.5. The summed E-state index contributed by atoms with van der Waals surface area (Å²) in [4.78, 5) is 6.98. The van der Waals surface area contributed by atoms with Gasteiger partial charge in [-0.05, 0) is 61.1 Å². The zero-order valence-corrected chi connectivity index (χ0v) is 17.9. The number of aliphatic hydroxyl groups is 1. The van der Waals surface area contributed by atoms with Crippen molar-refractivity contribution in [2.45, 2.75) is 20.0 Å². The summed E-state index contributed by atoms with van der Waals surface area (Å²) in [5.41, 5.74) is 3.42. The molecule has 0 saturated carbocycles. The summed E-state index contributed by atoms with van der Waals surface area (Å²) >= 11 is 6.19. The Morgan fingerprint density at radius 3 is 2.36 bits per heavy atom. The summed E-state index contributed by atoms with van der Waals surface area (Å²) < 4.78 is 5.24. The van der Waals surface area contributed by atoms with Gasteiger partial charge in [0.2, 0.25) is 0 Å². The van der Waals surface area contributed by atoms with Gasteiger partial charge < -0.3 is 14.7 Å². The van der Waals surface area contributed by atoms with Crippen LogP contribution in [0.4, 0.5) is 0 Å². The molecular weight excluding hydrogens is 395 g/mol. The van der Waals surface area contributed by atoms with E-state index in [1.165, 1.54) is 0 Å². The van der Waals surface area contributed by atoms with E-state index in [0.29, 0.717) is 11.6 Å². The first-order chi connectivity index (χ1) is 13.0. The van der Waals surface area contributed by atoms with Gasteiger partial charge in [-0.2, -0.15) is 0 Å². The van der Waals surface area contributed by atoms with Crippen molar-refractivity contribution in [2.75, 3.05) is 26.7 Å². The molecule has 3 rings (SSSR count). The highest BCUT2D eigenvalue weighted by atomic mass is 35.5. The van der Waals surface area contributed by atoms with Gasteiger partial charge in [0.25, 0.3) is 0 Å². The maximum absolute atomic E-state index is 11.0. The minimum absolute atomic E-state index is 0. The van der Waals surface area contributed by atoms with Crippen LogP contribution in [-0.4, -0.2) is 41.7 Å². The Morgan fingerprint density at radius 1 is 1.07 bits per heavy atom. The Kier molecular flexibility index (Phi) is 8.08. The molecule has 0 saturated heterocycles. The van der Waals surface area contributed by atoms with Gasteiger partial charge in [-0.1, -0.05) is 31.5 Å². The van der Waals surface area contributed by atoms with Crippen molar-refractivity contribution in [1.82, 2.24) is 9.88 Å². The molecule has 150 valence electrons. The lowest BCUT2D eigenvalue weighted by Gasteiger charge is -2.23. The zero-order chi connectivity index (χ0) is 19.4. The van der Waals surface area contributed by atoms with Gasteiger partial charge in [-0.25, -0.2) is 4.98 Å². The van der Waals surface area contributed by atoms with Crippen molar-refractivity contribution in [2.24, 2.45) is 0 Å². The maximum Gasteiger partial charge on any atom is 0.118 e. The zero-order valence-electron chi connectivity index (χ0n) is 16.4. The minimum Gasteiger partial charge on any atom is -0.497 e. The smallest absolute Gasteiger partial charge is 0.118 e. The van der Waals surface area contributed by atoms with Crippen molar-refractivity contribution in [3.05, 3.63) is 59.1 Å². The second-order valence-corrected chi connectivity index (χ2v) is 6.92. The summed E-state index contributed by atoms with van der Waals surface area (Å²) in [6.45, 7) is 6.57. The third kappa shape index (κ3) is 4.95. The van der Waals surface area contributed by atoms with Gasteiger partial charge in [-0.15, -0.1) is 12.4 Å². The van der Waals surface area contributed by atoms with E-state index in [1.807, 2.05) is 48.5 Å². The number of methoxy groups -OCH3 is 1. The number of rotatable bonds is 7. The minimum atomic E-state index is -0.603. The van der Waals surface area contributed by atoms with Crippen LogP contribution in [0.15, 0.2) is 48.5 Å². The third-order valence-electron chi connectivity index (χ3n) is 4.87. The SMILES string of the molecule is CCN(CC)CC(O)c1cc(-c2ccc(OC)cc2)nc2cc(Cl)ccc12.Cl. The van der Waals surface area contributed by atoms with E-state index in [2.05, 4.69) is 18.7 Å². The number of hydrogen-bond donors (Lipinski definition) is 1. The van der Waals surface area contributed by atoms with Crippen LogP contribution in [0, 0.1) is 0 Å². The number of halogens is 2. The van der Waals surface area contributed by atoms with Crippen LogP contribution in [0.2, 0.25) is 5.02 Å². The molecule has 1 heterocycles. The van der Waals surface area contributed by atoms with Crippen molar-refractivity contribution in [3.63, 3.8) is 0 Å². The number of aliphatic hydroxyl groups excluding tert-OH is 1.